The average Bonchev–Trinajstić information content (AvgIpc) is 1.38. The maximum atomic E-state index is 9.28. The molecular formula is C4H5OZr-. The van der Waals surface area contributed by atoms with Gasteiger partial charge in [-0.2, -0.15) is 5.57 Å². The molecule has 0 fully saturated rings. The smallest absolute Gasteiger partial charge is 0 e. The maximum Gasteiger partial charge on any atom is 0 e. The molecule has 0 aromatic heterocycles. The van der Waals surface area contributed by atoms with Crippen molar-refractivity contribution in [3.8, 4) is 0 Å². The van der Waals surface area contributed by atoms with E-state index in [2.05, 4.69) is 6.58 Å². The van der Waals surface area contributed by atoms with Gasteiger partial charge in [-0.15, -0.1) is 0 Å². The van der Waals surface area contributed by atoms with Gasteiger partial charge in [0.1, 0.15) is 0 Å². The van der Waals surface area contributed by atoms with Gasteiger partial charge in [0.05, 0.1) is 0 Å². The molecule has 0 bridgehead atoms. The van der Waals surface area contributed by atoms with Crippen molar-refractivity contribution in [3.05, 3.63) is 12.2 Å². The van der Waals surface area contributed by atoms with Crippen LogP contribution in [-0.2, 0) is 31.0 Å². The summed E-state index contributed by atoms with van der Waals surface area (Å²) >= 11 is 0. The van der Waals surface area contributed by atoms with E-state index in [0.29, 0.717) is 5.57 Å². The van der Waals surface area contributed by atoms with Crippen molar-refractivity contribution < 1.29 is 31.0 Å². The molecule has 0 saturated heterocycles. The van der Waals surface area contributed by atoms with E-state index >= 15 is 0 Å². The van der Waals surface area contributed by atoms with E-state index < -0.39 is 0 Å². The quantitative estimate of drug-likeness (QED) is 0.407. The van der Waals surface area contributed by atoms with E-state index in [1.165, 1.54) is 0 Å². The minimum Gasteiger partial charge on any atom is -0.419 e. The van der Waals surface area contributed by atoms with Crippen LogP contribution in [-0.4, -0.2) is 6.29 Å². The summed E-state index contributed by atoms with van der Waals surface area (Å²) < 4.78 is 0. The molecule has 0 aliphatic carbocycles. The zero-order chi connectivity index (χ0) is 4.28. The molecule has 1 nitrogen and oxygen atoms in total. The Bertz CT molecular complexity index is 58.6. The molecule has 0 amide bonds. The van der Waals surface area contributed by atoms with Crippen molar-refractivity contribution in [1.29, 1.82) is 0 Å². The van der Waals surface area contributed by atoms with Gasteiger partial charge in [-0.3, -0.25) is 0 Å². The topological polar surface area (TPSA) is 17.1 Å². The summed E-state index contributed by atoms with van der Waals surface area (Å²) in [5, 5.41) is 0. The Kier molecular flexibility index (Phi) is 8.44. The van der Waals surface area contributed by atoms with E-state index in [1.54, 1.807) is 13.2 Å². The second kappa shape index (κ2) is 5.29. The molecule has 32 valence electrons. The zero-order valence-corrected chi connectivity index (χ0v) is 6.07. The van der Waals surface area contributed by atoms with Crippen LogP contribution in [0.5, 0.6) is 0 Å². The molecule has 0 rings (SSSR count). The number of hydrogen-bond acceptors (Lipinski definition) is 1. The van der Waals surface area contributed by atoms with Crippen molar-refractivity contribution in [1.82, 2.24) is 0 Å². The van der Waals surface area contributed by atoms with Gasteiger partial charge in [-0.25, -0.2) is 6.58 Å². The molecule has 0 radical (unpaired) electrons. The minimum atomic E-state index is 0. The standard InChI is InChI=1S/C4H5O.Zr/c1-4(2)3-5;/h1H2,2H3;/q-1;. The summed E-state index contributed by atoms with van der Waals surface area (Å²) in [6, 6.07) is 0. The van der Waals surface area contributed by atoms with Crippen molar-refractivity contribution in [2.75, 3.05) is 0 Å². The van der Waals surface area contributed by atoms with Crippen molar-refractivity contribution in [3.63, 3.8) is 0 Å². The monoisotopic (exact) mass is 159 g/mol. The van der Waals surface area contributed by atoms with Gasteiger partial charge in [-0.1, -0.05) is 6.92 Å². The first-order valence-corrected chi connectivity index (χ1v) is 1.31. The van der Waals surface area contributed by atoms with Crippen LogP contribution in [0.2, 0.25) is 0 Å². The van der Waals surface area contributed by atoms with Gasteiger partial charge in [0.15, 0.2) is 0 Å². The van der Waals surface area contributed by atoms with E-state index in [4.69, 9.17) is 0 Å². The van der Waals surface area contributed by atoms with Crippen LogP contribution in [0.3, 0.4) is 0 Å². The third-order valence-electron chi connectivity index (χ3n) is 0.174. The van der Waals surface area contributed by atoms with Crippen LogP contribution >= 0.6 is 0 Å². The molecule has 0 aliphatic rings. The van der Waals surface area contributed by atoms with E-state index in [9.17, 15) is 4.79 Å². The number of hydrogen-bond donors (Lipinski definition) is 0. The molecule has 0 N–H and O–H groups in total. The molecule has 0 aromatic rings. The molecule has 2 heteroatoms. The molecule has 0 saturated carbocycles. The number of carbonyl (C=O) groups excluding carboxylic acids is 1. The Hall–Kier alpha value is 0.293. The fourth-order valence-electron chi connectivity index (χ4n) is 0. The van der Waals surface area contributed by atoms with Gasteiger partial charge < -0.3 is 4.79 Å². The predicted molar refractivity (Wildman–Crippen MR) is 20.5 cm³/mol. The van der Waals surface area contributed by atoms with Crippen molar-refractivity contribution in [2.45, 2.75) is 6.92 Å². The molecule has 0 atom stereocenters. The molecule has 0 heterocycles. The van der Waals surface area contributed by atoms with E-state index in [1.807, 2.05) is 0 Å². The Balaban J connectivity index is 0. The number of rotatable bonds is 1. The van der Waals surface area contributed by atoms with Crippen LogP contribution in [0.4, 0.5) is 0 Å². The molecule has 0 unspecified atom stereocenters. The molecule has 0 aliphatic heterocycles. The second-order valence-corrected chi connectivity index (χ2v) is 0.882. The van der Waals surface area contributed by atoms with Crippen LogP contribution in [0.1, 0.15) is 6.92 Å². The molecule has 6 heavy (non-hydrogen) atoms. The summed E-state index contributed by atoms with van der Waals surface area (Å²) in [6.45, 7) is 4.85. The average molecular weight is 160 g/mol. The fourth-order valence-corrected chi connectivity index (χ4v) is 0. The SMILES string of the molecule is C=C(C)[C-]=O.[Zr]. The normalized spacial score (nSPS) is 5.50. The van der Waals surface area contributed by atoms with Gasteiger partial charge >= 0.3 is 0 Å². The third-order valence-corrected chi connectivity index (χ3v) is 0.174. The molecule has 0 spiro atoms. The van der Waals surface area contributed by atoms with Gasteiger partial charge in [-0.05, 0) is 6.29 Å². The van der Waals surface area contributed by atoms with Crippen molar-refractivity contribution in [2.24, 2.45) is 0 Å². The third kappa shape index (κ3) is 8.85. The summed E-state index contributed by atoms with van der Waals surface area (Å²) in [6.07, 6.45) is 1.58. The predicted octanol–water partition coefficient (Wildman–Crippen LogP) is 0.670. The van der Waals surface area contributed by atoms with Crippen LogP contribution in [0.25, 0.3) is 0 Å². The zero-order valence-electron chi connectivity index (χ0n) is 3.62. The van der Waals surface area contributed by atoms with Gasteiger partial charge in [0, 0.05) is 26.2 Å². The minimum absolute atomic E-state index is 0. The molecule has 0 aromatic carbocycles. The first-order chi connectivity index (χ1) is 2.27. The van der Waals surface area contributed by atoms with Crippen LogP contribution < -0.4 is 0 Å². The summed E-state index contributed by atoms with van der Waals surface area (Å²) in [7, 11) is 0. The Morgan fingerprint density at radius 1 is 1.83 bits per heavy atom. The second-order valence-electron chi connectivity index (χ2n) is 0.882. The summed E-state index contributed by atoms with van der Waals surface area (Å²) in [4.78, 5) is 9.28. The van der Waals surface area contributed by atoms with Crippen LogP contribution in [0.15, 0.2) is 12.2 Å². The number of allylic oxidation sites excluding steroid dienone is 1. The van der Waals surface area contributed by atoms with Crippen molar-refractivity contribution >= 4 is 6.29 Å². The Labute approximate surface area is 56.6 Å². The van der Waals surface area contributed by atoms with Gasteiger partial charge in [0.2, 0.25) is 0 Å². The Morgan fingerprint density at radius 3 is 2.00 bits per heavy atom. The first-order valence-electron chi connectivity index (χ1n) is 1.31. The molecular weight excluding hydrogens is 155 g/mol. The summed E-state index contributed by atoms with van der Waals surface area (Å²) in [5.41, 5.74) is 0.449. The Morgan fingerprint density at radius 2 is 2.00 bits per heavy atom. The first kappa shape index (κ1) is 9.57. The van der Waals surface area contributed by atoms with Crippen LogP contribution in [0, 0.1) is 0 Å². The maximum absolute atomic E-state index is 9.28. The van der Waals surface area contributed by atoms with E-state index in [-0.39, 0.29) is 26.2 Å². The fraction of sp³-hybridized carbons (Fsp3) is 0.250. The van der Waals surface area contributed by atoms with Gasteiger partial charge in [0.25, 0.3) is 0 Å². The summed E-state index contributed by atoms with van der Waals surface area (Å²) in [5.74, 6) is 0. The van der Waals surface area contributed by atoms with E-state index in [0.717, 1.165) is 0 Å². The largest absolute Gasteiger partial charge is 0.419 e.